The monoisotopic (exact) mass is 327 g/mol. The van der Waals surface area contributed by atoms with E-state index in [1.54, 1.807) is 31.2 Å². The smallest absolute Gasteiger partial charge is 0.335 e. The number of carboxylic acid groups (broad SMARTS) is 1. The van der Waals surface area contributed by atoms with Gasteiger partial charge in [-0.2, -0.15) is 0 Å². The standard InChI is InChI=1S/C19H21NO4/c1-13(15-7-9-17(24-3)10-8-15)20(2)18(21)12-14-5-4-6-16(11-14)19(22)23/h4-11,13H,12H2,1-3H3,(H,22,23). The Balaban J connectivity index is 2.07. The zero-order valence-electron chi connectivity index (χ0n) is 14.0. The lowest BCUT2D eigenvalue weighted by Crippen LogP contribution is -2.31. The van der Waals surface area contributed by atoms with Gasteiger partial charge in [0.05, 0.1) is 25.1 Å². The number of likely N-dealkylation sites (N-methyl/N-ethyl adjacent to an activating group) is 1. The van der Waals surface area contributed by atoms with E-state index in [2.05, 4.69) is 0 Å². The Bertz CT molecular complexity index is 724. The summed E-state index contributed by atoms with van der Waals surface area (Å²) < 4.78 is 5.14. The first-order valence-corrected chi connectivity index (χ1v) is 7.64. The lowest BCUT2D eigenvalue weighted by Gasteiger charge is -2.25. The number of hydrogen-bond acceptors (Lipinski definition) is 3. The topological polar surface area (TPSA) is 66.8 Å². The van der Waals surface area contributed by atoms with Crippen molar-refractivity contribution in [2.45, 2.75) is 19.4 Å². The Morgan fingerprint density at radius 3 is 2.42 bits per heavy atom. The molecule has 0 aliphatic rings. The highest BCUT2D eigenvalue weighted by atomic mass is 16.5. The number of carboxylic acids is 1. The Kier molecular flexibility index (Phi) is 5.58. The molecule has 24 heavy (non-hydrogen) atoms. The molecular weight excluding hydrogens is 306 g/mol. The van der Waals surface area contributed by atoms with Crippen molar-refractivity contribution in [3.8, 4) is 5.75 Å². The minimum Gasteiger partial charge on any atom is -0.497 e. The lowest BCUT2D eigenvalue weighted by atomic mass is 10.0. The number of benzene rings is 2. The third kappa shape index (κ3) is 4.13. The van der Waals surface area contributed by atoms with Crippen LogP contribution in [0.2, 0.25) is 0 Å². The van der Waals surface area contributed by atoms with E-state index in [4.69, 9.17) is 9.84 Å². The summed E-state index contributed by atoms with van der Waals surface area (Å²) in [5.41, 5.74) is 1.88. The van der Waals surface area contributed by atoms with E-state index in [9.17, 15) is 9.59 Å². The molecule has 1 N–H and O–H groups in total. The van der Waals surface area contributed by atoms with Crippen LogP contribution in [0.4, 0.5) is 0 Å². The fourth-order valence-electron chi connectivity index (χ4n) is 2.44. The van der Waals surface area contributed by atoms with Gasteiger partial charge in [-0.05, 0) is 42.3 Å². The quantitative estimate of drug-likeness (QED) is 0.885. The van der Waals surface area contributed by atoms with Crippen molar-refractivity contribution in [2.24, 2.45) is 0 Å². The first-order valence-electron chi connectivity index (χ1n) is 7.64. The molecule has 126 valence electrons. The molecule has 2 aromatic carbocycles. The normalized spacial score (nSPS) is 11.6. The second-order valence-corrected chi connectivity index (χ2v) is 5.64. The van der Waals surface area contributed by atoms with Gasteiger partial charge in [-0.15, -0.1) is 0 Å². The third-order valence-corrected chi connectivity index (χ3v) is 4.10. The molecule has 0 radical (unpaired) electrons. The highest BCUT2D eigenvalue weighted by Gasteiger charge is 2.18. The van der Waals surface area contributed by atoms with Crippen molar-refractivity contribution in [3.63, 3.8) is 0 Å². The molecule has 0 bridgehead atoms. The Morgan fingerprint density at radius 1 is 1.17 bits per heavy atom. The van der Waals surface area contributed by atoms with Gasteiger partial charge >= 0.3 is 5.97 Å². The van der Waals surface area contributed by atoms with Crippen LogP contribution in [-0.4, -0.2) is 36.0 Å². The van der Waals surface area contributed by atoms with E-state index < -0.39 is 5.97 Å². The maximum Gasteiger partial charge on any atom is 0.335 e. The zero-order chi connectivity index (χ0) is 17.7. The molecule has 2 rings (SSSR count). The average Bonchev–Trinajstić information content (AvgIpc) is 2.60. The van der Waals surface area contributed by atoms with E-state index in [0.29, 0.717) is 5.56 Å². The van der Waals surface area contributed by atoms with Crippen LogP contribution in [0, 0.1) is 0 Å². The molecule has 0 aromatic heterocycles. The van der Waals surface area contributed by atoms with Crippen molar-refractivity contribution in [1.82, 2.24) is 4.90 Å². The highest BCUT2D eigenvalue weighted by molar-refractivity contribution is 5.88. The summed E-state index contributed by atoms with van der Waals surface area (Å²) in [5.74, 6) is -0.296. The summed E-state index contributed by atoms with van der Waals surface area (Å²) in [4.78, 5) is 25.2. The summed E-state index contributed by atoms with van der Waals surface area (Å²) in [5, 5.41) is 9.03. The molecule has 0 fully saturated rings. The second kappa shape index (κ2) is 7.64. The Hall–Kier alpha value is -2.82. The molecule has 1 unspecified atom stereocenters. The molecule has 1 amide bonds. The van der Waals surface area contributed by atoms with E-state index in [1.165, 1.54) is 12.1 Å². The van der Waals surface area contributed by atoms with Gasteiger partial charge in [0.1, 0.15) is 5.75 Å². The van der Waals surface area contributed by atoms with Crippen LogP contribution in [0.25, 0.3) is 0 Å². The second-order valence-electron chi connectivity index (χ2n) is 5.64. The van der Waals surface area contributed by atoms with Crippen molar-refractivity contribution in [1.29, 1.82) is 0 Å². The maximum atomic E-state index is 12.5. The van der Waals surface area contributed by atoms with E-state index in [-0.39, 0.29) is 23.9 Å². The predicted octanol–water partition coefficient (Wildman–Crippen LogP) is 3.16. The number of hydrogen-bond donors (Lipinski definition) is 1. The van der Waals surface area contributed by atoms with E-state index in [1.807, 2.05) is 31.2 Å². The first-order chi connectivity index (χ1) is 11.4. The summed E-state index contributed by atoms with van der Waals surface area (Å²) in [7, 11) is 3.36. The van der Waals surface area contributed by atoms with E-state index in [0.717, 1.165) is 11.3 Å². The van der Waals surface area contributed by atoms with Gasteiger partial charge in [0.2, 0.25) is 5.91 Å². The number of carbonyl (C=O) groups excluding carboxylic acids is 1. The third-order valence-electron chi connectivity index (χ3n) is 4.10. The molecule has 0 aliphatic carbocycles. The molecule has 5 nitrogen and oxygen atoms in total. The number of amides is 1. The number of aromatic carboxylic acids is 1. The molecule has 0 spiro atoms. The summed E-state index contributed by atoms with van der Waals surface area (Å²) in [6, 6.07) is 13.9. The molecule has 1 atom stereocenters. The highest BCUT2D eigenvalue weighted by Crippen LogP contribution is 2.22. The van der Waals surface area contributed by atoms with Crippen LogP contribution in [0.5, 0.6) is 5.75 Å². The number of methoxy groups -OCH3 is 1. The maximum absolute atomic E-state index is 12.5. The van der Waals surface area contributed by atoms with Gasteiger partial charge in [-0.1, -0.05) is 24.3 Å². The summed E-state index contributed by atoms with van der Waals surface area (Å²) in [6.07, 6.45) is 0.165. The van der Waals surface area contributed by atoms with Gasteiger partial charge in [-0.25, -0.2) is 4.79 Å². The van der Waals surface area contributed by atoms with Gasteiger partial charge in [0.25, 0.3) is 0 Å². The molecule has 0 aliphatic heterocycles. The van der Waals surface area contributed by atoms with Crippen molar-refractivity contribution in [3.05, 3.63) is 65.2 Å². The number of carbonyl (C=O) groups is 2. The lowest BCUT2D eigenvalue weighted by molar-refractivity contribution is -0.131. The van der Waals surface area contributed by atoms with Crippen molar-refractivity contribution >= 4 is 11.9 Å². The molecule has 2 aromatic rings. The zero-order valence-corrected chi connectivity index (χ0v) is 14.0. The first kappa shape index (κ1) is 17.5. The average molecular weight is 327 g/mol. The molecule has 5 heteroatoms. The van der Waals surface area contributed by atoms with Crippen LogP contribution in [0.1, 0.15) is 34.5 Å². The Morgan fingerprint density at radius 2 is 1.83 bits per heavy atom. The fourth-order valence-corrected chi connectivity index (χ4v) is 2.44. The Labute approximate surface area is 141 Å². The van der Waals surface area contributed by atoms with Gasteiger partial charge in [0.15, 0.2) is 0 Å². The summed E-state index contributed by atoms with van der Waals surface area (Å²) in [6.45, 7) is 1.95. The number of nitrogens with zero attached hydrogens (tertiary/aromatic N) is 1. The molecule has 0 saturated heterocycles. The minimum absolute atomic E-state index is 0.0687. The van der Waals surface area contributed by atoms with Crippen LogP contribution < -0.4 is 4.74 Å². The number of rotatable bonds is 6. The molecule has 0 heterocycles. The van der Waals surface area contributed by atoms with Crippen molar-refractivity contribution in [2.75, 3.05) is 14.2 Å². The van der Waals surface area contributed by atoms with Crippen LogP contribution >= 0.6 is 0 Å². The van der Waals surface area contributed by atoms with Crippen LogP contribution in [0.15, 0.2) is 48.5 Å². The van der Waals surface area contributed by atoms with Gasteiger partial charge in [-0.3, -0.25) is 4.79 Å². The summed E-state index contributed by atoms with van der Waals surface area (Å²) >= 11 is 0. The minimum atomic E-state index is -0.996. The van der Waals surface area contributed by atoms with Gasteiger partial charge < -0.3 is 14.7 Å². The predicted molar refractivity (Wildman–Crippen MR) is 91.3 cm³/mol. The largest absolute Gasteiger partial charge is 0.497 e. The van der Waals surface area contributed by atoms with Crippen LogP contribution in [-0.2, 0) is 11.2 Å². The molecular formula is C19H21NO4. The number of ether oxygens (including phenoxy) is 1. The van der Waals surface area contributed by atoms with Crippen LogP contribution in [0.3, 0.4) is 0 Å². The van der Waals surface area contributed by atoms with Crippen molar-refractivity contribution < 1.29 is 19.4 Å². The fraction of sp³-hybridized carbons (Fsp3) is 0.263. The van der Waals surface area contributed by atoms with E-state index >= 15 is 0 Å². The SMILES string of the molecule is COc1ccc(C(C)N(C)C(=O)Cc2cccc(C(=O)O)c2)cc1. The molecule has 0 saturated carbocycles. The van der Waals surface area contributed by atoms with Gasteiger partial charge in [0, 0.05) is 7.05 Å².